The van der Waals surface area contributed by atoms with E-state index in [9.17, 15) is 4.79 Å². The summed E-state index contributed by atoms with van der Waals surface area (Å²) in [6.45, 7) is 2.87. The number of fused-ring (bicyclic) bond motifs is 1. The zero-order valence-corrected chi connectivity index (χ0v) is 12.8. The van der Waals surface area contributed by atoms with Crippen LogP contribution in [-0.2, 0) is 4.79 Å². The quantitative estimate of drug-likeness (QED) is 0.927. The van der Waals surface area contributed by atoms with Gasteiger partial charge in [-0.05, 0) is 44.0 Å². The number of thioether (sulfide) groups is 1. The van der Waals surface area contributed by atoms with Crippen molar-refractivity contribution in [2.45, 2.75) is 23.7 Å². The number of benzene rings is 1. The van der Waals surface area contributed by atoms with Gasteiger partial charge in [-0.2, -0.15) is 0 Å². The lowest BCUT2D eigenvalue weighted by atomic mass is 9.94. The largest absolute Gasteiger partial charge is 0.342 e. The van der Waals surface area contributed by atoms with E-state index in [1.807, 2.05) is 24.9 Å². The Morgan fingerprint density at radius 3 is 3.15 bits per heavy atom. The van der Waals surface area contributed by atoms with Crippen LogP contribution in [-0.4, -0.2) is 43.2 Å². The summed E-state index contributed by atoms with van der Waals surface area (Å²) in [4.78, 5) is 16.2. The number of rotatable bonds is 3. The molecular weight excluding hydrogens is 268 g/mol. The summed E-state index contributed by atoms with van der Waals surface area (Å²) in [6.07, 6.45) is 2.38. The second kappa shape index (κ2) is 6.19. The molecule has 2 aliphatic heterocycles. The van der Waals surface area contributed by atoms with Gasteiger partial charge >= 0.3 is 0 Å². The van der Waals surface area contributed by atoms with E-state index in [-0.39, 0.29) is 5.92 Å². The van der Waals surface area contributed by atoms with E-state index in [2.05, 4.69) is 28.4 Å². The molecule has 1 saturated heterocycles. The highest BCUT2D eigenvalue weighted by Gasteiger charge is 2.33. The Hall–Kier alpha value is -1.00. The lowest BCUT2D eigenvalue weighted by Crippen LogP contribution is -2.44. The second-order valence-electron chi connectivity index (χ2n) is 5.75. The molecule has 0 spiro atoms. The molecule has 3 nitrogen and oxygen atoms in total. The minimum Gasteiger partial charge on any atom is -0.342 e. The number of amides is 1. The van der Waals surface area contributed by atoms with Crippen molar-refractivity contribution in [1.82, 2.24) is 10.2 Å². The molecule has 0 aliphatic carbocycles. The van der Waals surface area contributed by atoms with Gasteiger partial charge in [0, 0.05) is 23.7 Å². The van der Waals surface area contributed by atoms with E-state index < -0.39 is 0 Å². The first-order valence-corrected chi connectivity index (χ1v) is 8.43. The lowest BCUT2D eigenvalue weighted by molar-refractivity contribution is -0.134. The molecule has 1 aromatic rings. The Bertz CT molecular complexity index is 489. The number of hydrogen-bond acceptors (Lipinski definition) is 3. The van der Waals surface area contributed by atoms with Crippen LogP contribution in [0.5, 0.6) is 0 Å². The standard InChI is InChI=1S/C16H22N2OS/c1-17-9-12-5-4-8-18(10-12)16(19)14-11-20-15-7-3-2-6-13(14)15/h2-3,6-7,12,14,17H,4-5,8-11H2,1H3/t12-,14-/m1/s1. The summed E-state index contributed by atoms with van der Waals surface area (Å²) in [5.41, 5.74) is 1.23. The van der Waals surface area contributed by atoms with Crippen molar-refractivity contribution in [2.75, 3.05) is 32.4 Å². The minimum absolute atomic E-state index is 0.0736. The van der Waals surface area contributed by atoms with Crippen molar-refractivity contribution < 1.29 is 4.79 Å². The molecule has 2 heterocycles. The first-order chi connectivity index (χ1) is 9.79. The highest BCUT2D eigenvalue weighted by Crippen LogP contribution is 2.40. The van der Waals surface area contributed by atoms with E-state index in [1.165, 1.54) is 16.9 Å². The summed E-state index contributed by atoms with van der Waals surface area (Å²) in [5.74, 6) is 1.93. The van der Waals surface area contributed by atoms with Crippen LogP contribution in [0.1, 0.15) is 24.3 Å². The summed E-state index contributed by atoms with van der Waals surface area (Å²) in [6, 6.07) is 8.35. The van der Waals surface area contributed by atoms with Crippen LogP contribution in [0, 0.1) is 5.92 Å². The van der Waals surface area contributed by atoms with Crippen molar-refractivity contribution >= 4 is 17.7 Å². The second-order valence-corrected chi connectivity index (χ2v) is 6.81. The van der Waals surface area contributed by atoms with Crippen LogP contribution in [0.25, 0.3) is 0 Å². The van der Waals surface area contributed by atoms with Gasteiger partial charge in [0.15, 0.2) is 0 Å². The highest BCUT2D eigenvalue weighted by molar-refractivity contribution is 7.99. The first kappa shape index (κ1) is 14.0. The van der Waals surface area contributed by atoms with E-state index in [0.717, 1.165) is 31.8 Å². The molecule has 20 heavy (non-hydrogen) atoms. The van der Waals surface area contributed by atoms with Crippen LogP contribution in [0.3, 0.4) is 0 Å². The van der Waals surface area contributed by atoms with Gasteiger partial charge in [-0.3, -0.25) is 4.79 Å². The maximum absolute atomic E-state index is 12.8. The summed E-state index contributed by atoms with van der Waals surface area (Å²) in [5, 5.41) is 3.24. The molecule has 0 aromatic heterocycles. The fourth-order valence-electron chi connectivity index (χ4n) is 3.31. The Morgan fingerprint density at radius 1 is 1.45 bits per heavy atom. The van der Waals surface area contributed by atoms with E-state index >= 15 is 0 Å². The predicted octanol–water partition coefficient (Wildman–Crippen LogP) is 2.33. The first-order valence-electron chi connectivity index (χ1n) is 7.44. The Kier molecular flexibility index (Phi) is 4.32. The lowest BCUT2D eigenvalue weighted by Gasteiger charge is -2.34. The highest BCUT2D eigenvalue weighted by atomic mass is 32.2. The molecule has 108 valence electrons. The van der Waals surface area contributed by atoms with Crippen molar-refractivity contribution in [3.8, 4) is 0 Å². The maximum atomic E-state index is 12.8. The normalized spacial score (nSPS) is 25.6. The third-order valence-corrected chi connectivity index (χ3v) is 5.50. The molecule has 2 atom stereocenters. The minimum atomic E-state index is 0.0736. The number of carbonyl (C=O) groups excluding carboxylic acids is 1. The van der Waals surface area contributed by atoms with Gasteiger partial charge in [0.05, 0.1) is 5.92 Å². The van der Waals surface area contributed by atoms with Gasteiger partial charge < -0.3 is 10.2 Å². The zero-order valence-electron chi connectivity index (χ0n) is 12.0. The molecule has 2 aliphatic rings. The van der Waals surface area contributed by atoms with Gasteiger partial charge in [0.1, 0.15) is 0 Å². The van der Waals surface area contributed by atoms with Crippen molar-refractivity contribution in [2.24, 2.45) is 5.92 Å². The summed E-state index contributed by atoms with van der Waals surface area (Å²) < 4.78 is 0. The molecule has 0 bridgehead atoms. The summed E-state index contributed by atoms with van der Waals surface area (Å²) in [7, 11) is 1.99. The average molecular weight is 290 g/mol. The van der Waals surface area contributed by atoms with Crippen LogP contribution < -0.4 is 5.32 Å². The van der Waals surface area contributed by atoms with Crippen LogP contribution in [0.2, 0.25) is 0 Å². The molecule has 3 rings (SSSR count). The summed E-state index contributed by atoms with van der Waals surface area (Å²) >= 11 is 1.82. The van der Waals surface area contributed by atoms with Crippen LogP contribution >= 0.6 is 11.8 Å². The number of nitrogens with zero attached hydrogens (tertiary/aromatic N) is 1. The molecule has 1 amide bonds. The molecule has 1 fully saturated rings. The smallest absolute Gasteiger partial charge is 0.231 e. The van der Waals surface area contributed by atoms with E-state index in [0.29, 0.717) is 11.8 Å². The number of nitrogens with one attached hydrogen (secondary N) is 1. The topological polar surface area (TPSA) is 32.3 Å². The monoisotopic (exact) mass is 290 g/mol. The molecule has 0 unspecified atom stereocenters. The van der Waals surface area contributed by atoms with Gasteiger partial charge in [0.2, 0.25) is 5.91 Å². The number of likely N-dealkylation sites (tertiary alicyclic amines) is 1. The zero-order chi connectivity index (χ0) is 13.9. The number of carbonyl (C=O) groups is 1. The third kappa shape index (κ3) is 2.72. The van der Waals surface area contributed by atoms with Crippen molar-refractivity contribution in [1.29, 1.82) is 0 Å². The molecule has 0 radical (unpaired) electrons. The molecule has 0 saturated carbocycles. The Balaban J connectivity index is 1.70. The van der Waals surface area contributed by atoms with Crippen molar-refractivity contribution in [3.05, 3.63) is 29.8 Å². The molecular formula is C16H22N2OS. The van der Waals surface area contributed by atoms with E-state index in [4.69, 9.17) is 0 Å². The Labute approximate surface area is 125 Å². The fraction of sp³-hybridized carbons (Fsp3) is 0.562. The number of hydrogen-bond donors (Lipinski definition) is 1. The Morgan fingerprint density at radius 2 is 2.30 bits per heavy atom. The van der Waals surface area contributed by atoms with E-state index in [1.54, 1.807) is 0 Å². The molecule has 1 aromatic carbocycles. The van der Waals surface area contributed by atoms with Gasteiger partial charge in [-0.1, -0.05) is 18.2 Å². The van der Waals surface area contributed by atoms with Crippen LogP contribution in [0.4, 0.5) is 0 Å². The third-order valence-electron chi connectivity index (χ3n) is 4.32. The maximum Gasteiger partial charge on any atom is 0.231 e. The molecule has 1 N–H and O–H groups in total. The van der Waals surface area contributed by atoms with Gasteiger partial charge in [0.25, 0.3) is 0 Å². The van der Waals surface area contributed by atoms with Crippen LogP contribution in [0.15, 0.2) is 29.2 Å². The predicted molar refractivity (Wildman–Crippen MR) is 83.1 cm³/mol. The SMILES string of the molecule is CNC[C@H]1CCCN(C(=O)[C@@H]2CSc3ccccc32)C1. The number of piperidine rings is 1. The fourth-order valence-corrected chi connectivity index (χ4v) is 4.53. The molecule has 4 heteroatoms. The average Bonchev–Trinajstić information content (AvgIpc) is 2.91. The van der Waals surface area contributed by atoms with Gasteiger partial charge in [-0.15, -0.1) is 11.8 Å². The van der Waals surface area contributed by atoms with Crippen molar-refractivity contribution in [3.63, 3.8) is 0 Å². The van der Waals surface area contributed by atoms with Gasteiger partial charge in [-0.25, -0.2) is 0 Å².